The van der Waals surface area contributed by atoms with E-state index < -0.39 is 5.82 Å². The highest BCUT2D eigenvalue weighted by Gasteiger charge is 2.21. The Morgan fingerprint density at radius 2 is 1.68 bits per heavy atom. The van der Waals surface area contributed by atoms with E-state index >= 15 is 4.39 Å². The number of nitrogens with one attached hydrogen (secondary N) is 2. The van der Waals surface area contributed by atoms with Crippen molar-refractivity contribution in [3.8, 4) is 28.6 Å². The van der Waals surface area contributed by atoms with Crippen molar-refractivity contribution >= 4 is 6.09 Å². The van der Waals surface area contributed by atoms with Gasteiger partial charge in [0.2, 0.25) is 0 Å². The van der Waals surface area contributed by atoms with E-state index in [2.05, 4.69) is 22.5 Å². The molecule has 1 amide bonds. The molecule has 3 N–H and O–H groups in total. The van der Waals surface area contributed by atoms with Gasteiger partial charge in [-0.25, -0.2) is 14.2 Å². The maximum atomic E-state index is 15.1. The van der Waals surface area contributed by atoms with E-state index in [-0.39, 0.29) is 35.7 Å². The third-order valence-corrected chi connectivity index (χ3v) is 9.61. The summed E-state index contributed by atoms with van der Waals surface area (Å²) in [6, 6.07) is 21.5. The number of phenols is 1. The number of H-pyrrole nitrogens is 1. The molecule has 2 aliphatic heterocycles. The first-order valence-corrected chi connectivity index (χ1v) is 18.9. The average molecular weight is 721 g/mol. The Bertz CT molecular complexity index is 1970. The summed E-state index contributed by atoms with van der Waals surface area (Å²) in [7, 11) is 0. The van der Waals surface area contributed by atoms with Gasteiger partial charge < -0.3 is 24.9 Å². The number of carbonyl (C=O) groups excluding carboxylic acids is 1. The van der Waals surface area contributed by atoms with Crippen LogP contribution in [0.5, 0.6) is 11.5 Å². The molecule has 3 aliphatic rings. The van der Waals surface area contributed by atoms with Crippen LogP contribution >= 0.6 is 0 Å². The Hall–Kier alpha value is -5.38. The topological polar surface area (TPSA) is 118 Å². The van der Waals surface area contributed by atoms with Gasteiger partial charge >= 0.3 is 6.09 Å². The number of alkyl carbamates (subject to hydrolysis) is 1. The largest absolute Gasteiger partial charge is 0.508 e. The lowest BCUT2D eigenvalue weighted by molar-refractivity contribution is 0.0863. The number of benzene rings is 3. The van der Waals surface area contributed by atoms with E-state index in [0.717, 1.165) is 87.4 Å². The molecule has 6 rings (SSSR count). The first kappa shape index (κ1) is 37.4. The summed E-state index contributed by atoms with van der Waals surface area (Å²) in [4.78, 5) is 34.0. The number of hydrogen-bond donors (Lipinski definition) is 3. The lowest BCUT2D eigenvalue weighted by atomic mass is 10.0. The molecule has 0 bridgehead atoms. The minimum Gasteiger partial charge on any atom is -0.508 e. The molecule has 2 heterocycles. The standard InChI is InChI=1S/C43H49FN4O5/c44-36-27-32(19-24-40(36)52-26-14-7-2-1-6-13-25-45-43(51)53-35-17-11-4-3-5-12-18-35)29-38-42(50)48-30-39(33-20-22-34(49)23-21-33)46-37(41(48)47-38)28-31-15-9-8-10-16-31/h3-4,8-10,15-16,19-24,27,30,35,46,49H,1-2,5-7,11-14,17-18,25-26,28-29H2,(H,45,51)/b4-3+. The van der Waals surface area contributed by atoms with Crippen molar-refractivity contribution in [3.05, 3.63) is 130 Å². The van der Waals surface area contributed by atoms with Crippen molar-refractivity contribution in [1.82, 2.24) is 19.9 Å². The van der Waals surface area contributed by atoms with E-state index in [9.17, 15) is 14.7 Å². The summed E-state index contributed by atoms with van der Waals surface area (Å²) >= 11 is 0. The van der Waals surface area contributed by atoms with Crippen LogP contribution in [0.25, 0.3) is 17.1 Å². The number of rotatable bonds is 16. The summed E-state index contributed by atoms with van der Waals surface area (Å²) in [6.07, 6.45) is 17.2. The second-order valence-electron chi connectivity index (χ2n) is 13.8. The normalized spacial score (nSPS) is 15.1. The van der Waals surface area contributed by atoms with Crippen LogP contribution in [0, 0.1) is 5.82 Å². The number of aromatic hydroxyl groups is 1. The van der Waals surface area contributed by atoms with Gasteiger partial charge in [0.05, 0.1) is 18.0 Å². The Labute approximate surface area is 310 Å². The summed E-state index contributed by atoms with van der Waals surface area (Å²) in [5.41, 5.74) is 4.04. The fourth-order valence-electron chi connectivity index (χ4n) is 6.71. The van der Waals surface area contributed by atoms with Gasteiger partial charge in [0.15, 0.2) is 17.4 Å². The number of hydrogen-bond acceptors (Lipinski definition) is 6. The SMILES string of the molecule is O=C(NCCCCCCCCOc1ccc(Cc2nc3c(Cc4ccccc4)[nH]c(-c4ccc(O)cc4)cn-3c2=O)cc1F)OC1CC/C=C/CCC1. The number of amides is 1. The molecule has 3 aromatic carbocycles. The Kier molecular flexibility index (Phi) is 13.3. The predicted octanol–water partition coefficient (Wildman–Crippen LogP) is 9.03. The molecule has 1 aliphatic carbocycles. The minimum absolute atomic E-state index is 0.0100. The van der Waals surface area contributed by atoms with Crippen molar-refractivity contribution in [2.45, 2.75) is 89.6 Å². The zero-order valence-electron chi connectivity index (χ0n) is 30.2. The van der Waals surface area contributed by atoms with Crippen LogP contribution in [0.2, 0.25) is 0 Å². The lowest BCUT2D eigenvalue weighted by Gasteiger charge is -2.18. The molecule has 10 heteroatoms. The number of fused-ring (bicyclic) bond motifs is 1. The highest BCUT2D eigenvalue weighted by Crippen LogP contribution is 2.26. The minimum atomic E-state index is -0.469. The maximum Gasteiger partial charge on any atom is 0.407 e. The van der Waals surface area contributed by atoms with Crippen LogP contribution in [-0.4, -0.2) is 45.0 Å². The number of halogens is 1. The molecule has 0 fully saturated rings. The van der Waals surface area contributed by atoms with Gasteiger partial charge in [0.1, 0.15) is 17.5 Å². The van der Waals surface area contributed by atoms with E-state index in [1.165, 1.54) is 6.07 Å². The molecular weight excluding hydrogens is 671 g/mol. The molecule has 1 unspecified atom stereocenters. The third kappa shape index (κ3) is 10.8. The second-order valence-corrected chi connectivity index (χ2v) is 13.8. The van der Waals surface area contributed by atoms with Crippen molar-refractivity contribution in [2.24, 2.45) is 0 Å². The number of imidazole rings is 1. The molecule has 9 nitrogen and oxygen atoms in total. The van der Waals surface area contributed by atoms with Crippen molar-refractivity contribution in [1.29, 1.82) is 0 Å². The van der Waals surface area contributed by atoms with Crippen molar-refractivity contribution in [2.75, 3.05) is 13.2 Å². The van der Waals surface area contributed by atoms with Crippen LogP contribution in [0.3, 0.4) is 0 Å². The molecular formula is C43H49FN4O5. The number of carbonyl (C=O) groups is 1. The van der Waals surface area contributed by atoms with E-state index in [1.807, 2.05) is 30.3 Å². The van der Waals surface area contributed by atoms with Gasteiger partial charge in [-0.3, -0.25) is 9.36 Å². The number of ether oxygens (including phenoxy) is 2. The summed E-state index contributed by atoms with van der Waals surface area (Å²) < 4.78 is 28.0. The van der Waals surface area contributed by atoms with E-state index in [4.69, 9.17) is 14.5 Å². The maximum absolute atomic E-state index is 15.1. The second kappa shape index (κ2) is 18.9. The van der Waals surface area contributed by atoms with Gasteiger partial charge in [-0.2, -0.15) is 0 Å². The fraction of sp³-hybridized carbons (Fsp3) is 0.372. The van der Waals surface area contributed by atoms with Crippen molar-refractivity contribution in [3.63, 3.8) is 0 Å². The number of allylic oxidation sites excluding steroid dienone is 2. The monoisotopic (exact) mass is 720 g/mol. The Morgan fingerprint density at radius 3 is 2.49 bits per heavy atom. The fourth-order valence-corrected chi connectivity index (χ4v) is 6.71. The highest BCUT2D eigenvalue weighted by molar-refractivity contribution is 5.67. The van der Waals surface area contributed by atoms with Crippen LogP contribution < -0.4 is 15.6 Å². The number of phenolic OH excluding ortho intramolecular Hbond substituents is 1. The lowest BCUT2D eigenvalue weighted by Crippen LogP contribution is -2.30. The average Bonchev–Trinajstić information content (AvgIpc) is 3.46. The zero-order valence-corrected chi connectivity index (χ0v) is 30.2. The Balaban J connectivity index is 0.960. The van der Waals surface area contributed by atoms with Crippen LogP contribution in [-0.2, 0) is 17.6 Å². The number of nitrogens with zero attached hydrogens (tertiary/aromatic N) is 2. The van der Waals surface area contributed by atoms with Crippen LogP contribution in [0.1, 0.15) is 93.1 Å². The summed E-state index contributed by atoms with van der Waals surface area (Å²) in [5, 5.41) is 12.7. The quantitative estimate of drug-likeness (QED) is 0.0692. The number of unbranched alkanes of at least 4 members (excludes halogenated alkanes) is 5. The molecule has 3 aromatic rings. The molecule has 1 atom stereocenters. The molecule has 0 saturated heterocycles. The summed E-state index contributed by atoms with van der Waals surface area (Å²) in [5.74, 6) is 0.400. The van der Waals surface area contributed by atoms with Crippen molar-refractivity contribution < 1.29 is 23.8 Å². The van der Waals surface area contributed by atoms with Gasteiger partial charge in [0.25, 0.3) is 5.56 Å². The van der Waals surface area contributed by atoms with Crippen LogP contribution in [0.4, 0.5) is 9.18 Å². The van der Waals surface area contributed by atoms with E-state index in [1.54, 1.807) is 47.2 Å². The number of aromatic nitrogens is 3. The smallest absolute Gasteiger partial charge is 0.407 e. The van der Waals surface area contributed by atoms with Gasteiger partial charge in [-0.15, -0.1) is 0 Å². The Morgan fingerprint density at radius 1 is 0.906 bits per heavy atom. The molecule has 0 radical (unpaired) electrons. The first-order chi connectivity index (χ1) is 25.9. The molecule has 0 spiro atoms. The highest BCUT2D eigenvalue weighted by atomic mass is 19.1. The molecule has 278 valence electrons. The summed E-state index contributed by atoms with van der Waals surface area (Å²) in [6.45, 7) is 1.04. The predicted molar refractivity (Wildman–Crippen MR) is 205 cm³/mol. The molecule has 0 aromatic heterocycles. The van der Waals surface area contributed by atoms with Gasteiger partial charge in [-0.1, -0.05) is 74.2 Å². The third-order valence-electron chi connectivity index (χ3n) is 9.61. The number of aromatic amines is 1. The first-order valence-electron chi connectivity index (χ1n) is 18.9. The van der Waals surface area contributed by atoms with Crippen LogP contribution in [0.15, 0.2) is 95.9 Å². The van der Waals surface area contributed by atoms with E-state index in [0.29, 0.717) is 42.3 Å². The molecule has 53 heavy (non-hydrogen) atoms. The zero-order chi connectivity index (χ0) is 36.8. The van der Waals surface area contributed by atoms with Gasteiger partial charge in [-0.05, 0) is 98.0 Å². The molecule has 0 saturated carbocycles. The van der Waals surface area contributed by atoms with Gasteiger partial charge in [0, 0.05) is 25.6 Å².